The highest BCUT2D eigenvalue weighted by molar-refractivity contribution is 9.10. The second kappa shape index (κ2) is 6.10. The van der Waals surface area contributed by atoms with Gasteiger partial charge >= 0.3 is 0 Å². The molecule has 106 valence electrons. The van der Waals surface area contributed by atoms with Gasteiger partial charge in [0.15, 0.2) is 0 Å². The highest BCUT2D eigenvalue weighted by atomic mass is 79.9. The summed E-state index contributed by atoms with van der Waals surface area (Å²) in [6.07, 6.45) is 7.78. The quantitative estimate of drug-likeness (QED) is 0.879. The number of halogens is 1. The number of hydrogen-bond acceptors (Lipinski definition) is 2. The fourth-order valence-corrected chi connectivity index (χ4v) is 2.94. The Bertz CT molecular complexity index is 575. The molecule has 1 unspecified atom stereocenters. The molecule has 0 saturated heterocycles. The van der Waals surface area contributed by atoms with Gasteiger partial charge in [0.1, 0.15) is 0 Å². The van der Waals surface area contributed by atoms with Crippen LogP contribution in [0.2, 0.25) is 0 Å². The second-order valence-electron chi connectivity index (χ2n) is 5.66. The monoisotopic (exact) mass is 333 g/mol. The van der Waals surface area contributed by atoms with Crippen molar-refractivity contribution in [1.82, 2.24) is 15.1 Å². The number of hydrogen-bond donors (Lipinski definition) is 1. The average Bonchev–Trinajstić information content (AvgIpc) is 3.17. The van der Waals surface area contributed by atoms with Crippen molar-refractivity contribution in [3.8, 4) is 0 Å². The Balaban J connectivity index is 1.74. The van der Waals surface area contributed by atoms with Crippen LogP contribution in [0.25, 0.3) is 0 Å². The van der Waals surface area contributed by atoms with Crippen LogP contribution in [-0.2, 0) is 13.5 Å². The molecule has 1 saturated carbocycles. The van der Waals surface area contributed by atoms with Crippen LogP contribution in [0.15, 0.2) is 41.1 Å². The molecule has 1 aliphatic rings. The zero-order chi connectivity index (χ0) is 13.9. The van der Waals surface area contributed by atoms with E-state index in [2.05, 4.69) is 56.8 Å². The van der Waals surface area contributed by atoms with Gasteiger partial charge in [0.25, 0.3) is 0 Å². The first-order valence-corrected chi connectivity index (χ1v) is 7.96. The summed E-state index contributed by atoms with van der Waals surface area (Å²) < 4.78 is 3.03. The lowest BCUT2D eigenvalue weighted by molar-refractivity contribution is 0.577. The van der Waals surface area contributed by atoms with Crippen LogP contribution in [0.1, 0.15) is 29.9 Å². The third-order valence-electron chi connectivity index (χ3n) is 3.79. The number of nitrogens with one attached hydrogen (secondary N) is 1. The maximum absolute atomic E-state index is 4.28. The van der Waals surface area contributed by atoms with Gasteiger partial charge in [-0.25, -0.2) is 0 Å². The first kappa shape index (κ1) is 13.8. The minimum absolute atomic E-state index is 0.497. The molecule has 3 rings (SSSR count). The van der Waals surface area contributed by atoms with Crippen molar-refractivity contribution in [1.29, 1.82) is 0 Å². The number of aryl methyl sites for hydroxylation is 1. The molecule has 4 heteroatoms. The molecule has 0 spiro atoms. The van der Waals surface area contributed by atoms with E-state index in [0.29, 0.717) is 5.92 Å². The van der Waals surface area contributed by atoms with Crippen LogP contribution >= 0.6 is 15.9 Å². The standard InChI is InChI=1S/C16H20BrN3/c1-20-11-12(9-19-20)7-14(10-18-16-5-6-16)13-3-2-4-15(17)8-13/h2-4,8-9,11,14,16,18H,5-7,10H2,1H3. The smallest absolute Gasteiger partial charge is 0.0521 e. The van der Waals surface area contributed by atoms with Gasteiger partial charge in [0.2, 0.25) is 0 Å². The van der Waals surface area contributed by atoms with Crippen LogP contribution in [0, 0.1) is 0 Å². The Morgan fingerprint density at radius 1 is 1.45 bits per heavy atom. The molecule has 20 heavy (non-hydrogen) atoms. The van der Waals surface area contributed by atoms with E-state index in [0.717, 1.165) is 23.5 Å². The van der Waals surface area contributed by atoms with Crippen LogP contribution in [0.3, 0.4) is 0 Å². The van der Waals surface area contributed by atoms with E-state index >= 15 is 0 Å². The number of aromatic nitrogens is 2. The third-order valence-corrected chi connectivity index (χ3v) is 4.28. The SMILES string of the molecule is Cn1cc(CC(CNC2CC2)c2cccc(Br)c2)cn1. The average molecular weight is 334 g/mol. The van der Waals surface area contributed by atoms with Crippen molar-refractivity contribution in [3.05, 3.63) is 52.3 Å². The van der Waals surface area contributed by atoms with Crippen LogP contribution in [-0.4, -0.2) is 22.4 Å². The molecule has 1 heterocycles. The van der Waals surface area contributed by atoms with E-state index in [1.54, 1.807) is 0 Å². The fourth-order valence-electron chi connectivity index (χ4n) is 2.53. The van der Waals surface area contributed by atoms with Crippen molar-refractivity contribution in [2.24, 2.45) is 7.05 Å². The summed E-state index contributed by atoms with van der Waals surface area (Å²) in [4.78, 5) is 0. The van der Waals surface area contributed by atoms with Crippen LogP contribution in [0.5, 0.6) is 0 Å². The predicted molar refractivity (Wildman–Crippen MR) is 84.8 cm³/mol. The van der Waals surface area contributed by atoms with Crippen molar-refractivity contribution >= 4 is 15.9 Å². The van der Waals surface area contributed by atoms with Gasteiger partial charge in [-0.2, -0.15) is 5.10 Å². The lowest BCUT2D eigenvalue weighted by Crippen LogP contribution is -2.24. The van der Waals surface area contributed by atoms with E-state index in [1.807, 2.05) is 17.9 Å². The molecule has 0 amide bonds. The summed E-state index contributed by atoms with van der Waals surface area (Å²) in [6.45, 7) is 1.04. The largest absolute Gasteiger partial charge is 0.313 e. The number of benzene rings is 1. The van der Waals surface area contributed by atoms with Gasteiger partial charge in [0, 0.05) is 36.2 Å². The lowest BCUT2D eigenvalue weighted by atomic mass is 9.93. The maximum atomic E-state index is 4.28. The molecule has 1 N–H and O–H groups in total. The molecule has 0 aliphatic heterocycles. The molecular formula is C16H20BrN3. The van der Waals surface area contributed by atoms with E-state index in [-0.39, 0.29) is 0 Å². The normalized spacial score (nSPS) is 16.3. The fraction of sp³-hybridized carbons (Fsp3) is 0.438. The first-order chi connectivity index (χ1) is 9.70. The first-order valence-electron chi connectivity index (χ1n) is 7.17. The highest BCUT2D eigenvalue weighted by Gasteiger charge is 2.23. The van der Waals surface area contributed by atoms with Gasteiger partial charge in [-0.05, 0) is 42.5 Å². The topological polar surface area (TPSA) is 29.9 Å². The van der Waals surface area contributed by atoms with E-state index < -0.39 is 0 Å². The van der Waals surface area contributed by atoms with Crippen molar-refractivity contribution in [3.63, 3.8) is 0 Å². The van der Waals surface area contributed by atoms with Crippen LogP contribution in [0.4, 0.5) is 0 Å². The van der Waals surface area contributed by atoms with E-state index in [1.165, 1.54) is 24.0 Å². The van der Waals surface area contributed by atoms with Gasteiger partial charge in [-0.15, -0.1) is 0 Å². The summed E-state index contributed by atoms with van der Waals surface area (Å²) in [7, 11) is 1.97. The van der Waals surface area contributed by atoms with Gasteiger partial charge in [-0.3, -0.25) is 4.68 Å². The Hall–Kier alpha value is -1.13. The molecule has 1 fully saturated rings. The molecule has 1 aromatic carbocycles. The summed E-state index contributed by atoms with van der Waals surface area (Å²) in [5.41, 5.74) is 2.69. The zero-order valence-corrected chi connectivity index (χ0v) is 13.3. The number of rotatable bonds is 6. The van der Waals surface area contributed by atoms with Gasteiger partial charge in [-0.1, -0.05) is 28.1 Å². The summed E-state index contributed by atoms with van der Waals surface area (Å²) in [6, 6.07) is 9.40. The molecule has 1 aromatic heterocycles. The second-order valence-corrected chi connectivity index (χ2v) is 6.58. The summed E-state index contributed by atoms with van der Waals surface area (Å²) >= 11 is 3.58. The molecule has 1 atom stereocenters. The molecule has 1 aliphatic carbocycles. The predicted octanol–water partition coefficient (Wildman–Crippen LogP) is 3.26. The molecule has 0 bridgehead atoms. The van der Waals surface area contributed by atoms with Gasteiger partial charge in [0.05, 0.1) is 6.20 Å². The Morgan fingerprint density at radius 2 is 2.30 bits per heavy atom. The molecule has 3 nitrogen and oxygen atoms in total. The number of nitrogens with zero attached hydrogens (tertiary/aromatic N) is 2. The minimum Gasteiger partial charge on any atom is -0.313 e. The van der Waals surface area contributed by atoms with Gasteiger partial charge < -0.3 is 5.32 Å². The van der Waals surface area contributed by atoms with Crippen molar-refractivity contribution < 1.29 is 0 Å². The molecule has 2 aromatic rings. The maximum Gasteiger partial charge on any atom is 0.0521 e. The molecule has 0 radical (unpaired) electrons. The minimum atomic E-state index is 0.497. The van der Waals surface area contributed by atoms with E-state index in [9.17, 15) is 0 Å². The highest BCUT2D eigenvalue weighted by Crippen LogP contribution is 2.25. The summed E-state index contributed by atoms with van der Waals surface area (Å²) in [5, 5.41) is 7.93. The third kappa shape index (κ3) is 3.70. The lowest BCUT2D eigenvalue weighted by Gasteiger charge is -2.18. The molecular weight excluding hydrogens is 314 g/mol. The Morgan fingerprint density at radius 3 is 2.95 bits per heavy atom. The van der Waals surface area contributed by atoms with Crippen molar-refractivity contribution in [2.75, 3.05) is 6.54 Å². The Labute approximate surface area is 128 Å². The summed E-state index contributed by atoms with van der Waals surface area (Å²) in [5.74, 6) is 0.497. The van der Waals surface area contributed by atoms with E-state index in [4.69, 9.17) is 0 Å². The Kier molecular flexibility index (Phi) is 4.22. The zero-order valence-electron chi connectivity index (χ0n) is 11.7. The van der Waals surface area contributed by atoms with Crippen LogP contribution < -0.4 is 5.32 Å². The van der Waals surface area contributed by atoms with Crippen molar-refractivity contribution in [2.45, 2.75) is 31.2 Å².